The molecule has 33 heavy (non-hydrogen) atoms. The fourth-order valence-electron chi connectivity index (χ4n) is 3.92. The van der Waals surface area contributed by atoms with Gasteiger partial charge in [-0.1, -0.05) is 23.7 Å². The summed E-state index contributed by atoms with van der Waals surface area (Å²) < 4.78 is 53.8. The zero-order valence-electron chi connectivity index (χ0n) is 17.0. The fraction of sp³-hybridized carbons (Fsp3) is 0.227. The molecule has 3 N–H and O–H groups in total. The molecule has 2 heterocycles. The van der Waals surface area contributed by atoms with Crippen LogP contribution in [-0.2, 0) is 11.6 Å². The van der Waals surface area contributed by atoms with Crippen LogP contribution in [0.4, 0.5) is 23.2 Å². The first kappa shape index (κ1) is 22.6. The van der Waals surface area contributed by atoms with Crippen molar-refractivity contribution in [3.8, 4) is 6.19 Å². The van der Waals surface area contributed by atoms with Gasteiger partial charge in [-0.15, -0.1) is 4.99 Å². The third-order valence-electron chi connectivity index (χ3n) is 5.61. The van der Waals surface area contributed by atoms with E-state index in [2.05, 4.69) is 15.3 Å². The van der Waals surface area contributed by atoms with Gasteiger partial charge in [-0.2, -0.15) is 18.4 Å². The van der Waals surface area contributed by atoms with Gasteiger partial charge in [-0.3, -0.25) is 0 Å². The Morgan fingerprint density at radius 3 is 2.55 bits per heavy atom. The topological polar surface area (TPSA) is 90.3 Å². The van der Waals surface area contributed by atoms with Crippen LogP contribution in [0, 0.1) is 17.3 Å². The van der Waals surface area contributed by atoms with Crippen molar-refractivity contribution in [2.45, 2.75) is 11.6 Å². The molecule has 0 saturated carbocycles. The number of nitrogens with one attached hydrogen (secondary N) is 1. The molecule has 1 aliphatic rings. The Labute approximate surface area is 191 Å². The first-order valence-corrected chi connectivity index (χ1v) is 10.1. The fourth-order valence-corrected chi connectivity index (χ4v) is 4.09. The van der Waals surface area contributed by atoms with Gasteiger partial charge in [0.05, 0.1) is 5.52 Å². The van der Waals surface area contributed by atoms with Gasteiger partial charge in [0.15, 0.2) is 0 Å². The van der Waals surface area contributed by atoms with Crippen molar-refractivity contribution in [3.05, 3.63) is 70.6 Å². The zero-order chi connectivity index (χ0) is 23.8. The Morgan fingerprint density at radius 1 is 1.21 bits per heavy atom. The number of guanidine groups is 1. The number of fused-ring (bicyclic) bond motifs is 1. The number of pyridine rings is 1. The molecule has 0 amide bonds. The molecule has 0 aliphatic carbocycles. The van der Waals surface area contributed by atoms with Crippen LogP contribution in [-0.4, -0.2) is 35.5 Å². The molecule has 2 aromatic carbocycles. The molecule has 1 aromatic heterocycles. The summed E-state index contributed by atoms with van der Waals surface area (Å²) >= 11 is 6.07. The predicted octanol–water partition coefficient (Wildman–Crippen LogP) is 4.51. The van der Waals surface area contributed by atoms with E-state index in [1.54, 1.807) is 29.3 Å². The first-order valence-electron chi connectivity index (χ1n) is 9.76. The molecule has 0 atom stereocenters. The van der Waals surface area contributed by atoms with Crippen LogP contribution in [0.3, 0.4) is 0 Å². The van der Waals surface area contributed by atoms with Gasteiger partial charge in [-0.25, -0.2) is 9.37 Å². The quantitative estimate of drug-likeness (QED) is 0.250. The molecule has 0 bridgehead atoms. The number of rotatable bonds is 4. The third kappa shape index (κ3) is 4.50. The lowest BCUT2D eigenvalue weighted by Gasteiger charge is -2.51. The van der Waals surface area contributed by atoms with Crippen molar-refractivity contribution in [1.29, 1.82) is 5.26 Å². The number of nitrogens with two attached hydrogens (primary N) is 1. The predicted molar refractivity (Wildman–Crippen MR) is 117 cm³/mol. The number of nitriles is 1. The highest BCUT2D eigenvalue weighted by Crippen LogP contribution is 2.38. The number of hydrogen-bond donors (Lipinski definition) is 2. The van der Waals surface area contributed by atoms with Crippen LogP contribution in [0.5, 0.6) is 0 Å². The molecule has 1 fully saturated rings. The maximum atomic E-state index is 13.5. The van der Waals surface area contributed by atoms with Crippen molar-refractivity contribution in [1.82, 2.24) is 9.88 Å². The highest BCUT2D eigenvalue weighted by Gasteiger charge is 2.45. The molecule has 3 aromatic rings. The molecule has 1 aliphatic heterocycles. The lowest BCUT2D eigenvalue weighted by atomic mass is 9.73. The summed E-state index contributed by atoms with van der Waals surface area (Å²) in [7, 11) is 0. The van der Waals surface area contributed by atoms with E-state index in [0.29, 0.717) is 23.5 Å². The number of aliphatic imine (C=N–C) groups is 1. The molecular weight excluding hydrogens is 460 g/mol. The maximum Gasteiger partial charge on any atom is 0.433 e. The van der Waals surface area contributed by atoms with E-state index in [1.807, 2.05) is 0 Å². The second-order valence-corrected chi connectivity index (χ2v) is 8.22. The normalized spacial score (nSPS) is 15.8. The Hall–Kier alpha value is -3.58. The Kier molecular flexibility index (Phi) is 5.76. The summed E-state index contributed by atoms with van der Waals surface area (Å²) in [4.78, 5) is 8.90. The van der Waals surface area contributed by atoms with Crippen LogP contribution >= 0.6 is 11.6 Å². The summed E-state index contributed by atoms with van der Waals surface area (Å²) in [6.07, 6.45) is -3.01. The number of likely N-dealkylation sites (tertiary alicyclic amines) is 1. The molecule has 170 valence electrons. The summed E-state index contributed by atoms with van der Waals surface area (Å²) in [5.74, 6) is -0.371. The number of nitrogens with zero attached hydrogens (tertiary/aromatic N) is 4. The van der Waals surface area contributed by atoms with E-state index >= 15 is 0 Å². The van der Waals surface area contributed by atoms with E-state index < -0.39 is 23.1 Å². The number of aromatic nitrogens is 1. The standard InChI is InChI=1S/C22H17ClF4N6/c23-14-3-6-17-16(7-14)18(8-19(32-17)22(25,26)27)30-9-21(13-1-4-15(24)5-2-13)10-33(11-21)20(29)31-12-28/h1-8H,9-11H2,(H2,29,31)(H,30,32). The van der Waals surface area contributed by atoms with Crippen molar-refractivity contribution in [2.75, 3.05) is 25.0 Å². The van der Waals surface area contributed by atoms with Crippen LogP contribution in [0.2, 0.25) is 5.02 Å². The Bertz CT molecular complexity index is 1260. The van der Waals surface area contributed by atoms with Gasteiger partial charge in [0.1, 0.15) is 11.5 Å². The van der Waals surface area contributed by atoms with Gasteiger partial charge in [0, 0.05) is 41.1 Å². The minimum atomic E-state index is -4.63. The van der Waals surface area contributed by atoms with Gasteiger partial charge < -0.3 is 16.0 Å². The second-order valence-electron chi connectivity index (χ2n) is 7.78. The van der Waals surface area contributed by atoms with E-state index in [4.69, 9.17) is 22.6 Å². The van der Waals surface area contributed by atoms with Crippen LogP contribution in [0.1, 0.15) is 11.3 Å². The average Bonchev–Trinajstić information content (AvgIpc) is 2.73. The summed E-state index contributed by atoms with van der Waals surface area (Å²) in [6, 6.07) is 11.3. The monoisotopic (exact) mass is 476 g/mol. The number of alkyl halides is 3. The molecule has 11 heteroatoms. The number of benzene rings is 2. The van der Waals surface area contributed by atoms with Crippen LogP contribution in [0.25, 0.3) is 10.9 Å². The zero-order valence-corrected chi connectivity index (χ0v) is 17.8. The van der Waals surface area contributed by atoms with Gasteiger partial charge in [-0.05, 0) is 42.0 Å². The first-order chi connectivity index (χ1) is 15.6. The second kappa shape index (κ2) is 8.41. The highest BCUT2D eigenvalue weighted by atomic mass is 35.5. The number of anilines is 1. The van der Waals surface area contributed by atoms with Crippen molar-refractivity contribution < 1.29 is 17.6 Å². The summed E-state index contributed by atoms with van der Waals surface area (Å²) in [6.45, 7) is 0.870. The van der Waals surface area contributed by atoms with Crippen molar-refractivity contribution in [3.63, 3.8) is 0 Å². The van der Waals surface area contributed by atoms with E-state index in [1.165, 1.54) is 24.3 Å². The largest absolute Gasteiger partial charge is 0.433 e. The average molecular weight is 477 g/mol. The van der Waals surface area contributed by atoms with E-state index in [9.17, 15) is 17.6 Å². The lowest BCUT2D eigenvalue weighted by molar-refractivity contribution is -0.140. The molecule has 4 rings (SSSR count). The van der Waals surface area contributed by atoms with E-state index in [0.717, 1.165) is 11.6 Å². The van der Waals surface area contributed by atoms with Gasteiger partial charge in [0.25, 0.3) is 0 Å². The molecular formula is C22H17ClF4N6. The summed E-state index contributed by atoms with van der Waals surface area (Å²) in [5, 5.41) is 12.6. The Morgan fingerprint density at radius 2 is 1.91 bits per heavy atom. The van der Waals surface area contributed by atoms with Crippen LogP contribution in [0.15, 0.2) is 53.5 Å². The molecule has 0 spiro atoms. The number of halogens is 5. The number of hydrogen-bond acceptors (Lipinski definition) is 4. The summed E-state index contributed by atoms with van der Waals surface area (Å²) in [5.41, 5.74) is 5.29. The molecule has 1 saturated heterocycles. The maximum absolute atomic E-state index is 13.5. The molecule has 6 nitrogen and oxygen atoms in total. The van der Waals surface area contributed by atoms with Crippen molar-refractivity contribution >= 4 is 34.2 Å². The van der Waals surface area contributed by atoms with Gasteiger partial charge in [0.2, 0.25) is 12.2 Å². The minimum absolute atomic E-state index is 0.0377. The van der Waals surface area contributed by atoms with Gasteiger partial charge >= 0.3 is 6.18 Å². The highest BCUT2D eigenvalue weighted by molar-refractivity contribution is 6.31. The molecule has 0 radical (unpaired) electrons. The lowest BCUT2D eigenvalue weighted by Crippen LogP contribution is -2.65. The van der Waals surface area contributed by atoms with Crippen molar-refractivity contribution in [2.24, 2.45) is 10.7 Å². The third-order valence-corrected chi connectivity index (χ3v) is 5.85. The SMILES string of the molecule is N#CN=C(N)N1CC(CNc2cc(C(F)(F)F)nc3ccc(Cl)cc23)(c2ccc(F)cc2)C1. The van der Waals surface area contributed by atoms with E-state index in [-0.39, 0.29) is 23.7 Å². The minimum Gasteiger partial charge on any atom is -0.383 e. The Balaban J connectivity index is 1.70. The smallest absolute Gasteiger partial charge is 0.383 e. The molecule has 0 unspecified atom stereocenters. The van der Waals surface area contributed by atoms with Crippen LogP contribution < -0.4 is 11.1 Å².